The third-order valence-corrected chi connectivity index (χ3v) is 6.77. The van der Waals surface area contributed by atoms with Gasteiger partial charge in [-0.2, -0.15) is 13.2 Å². The van der Waals surface area contributed by atoms with Crippen LogP contribution in [0.2, 0.25) is 0 Å². The number of halogens is 3. The Morgan fingerprint density at radius 1 is 1.08 bits per heavy atom. The average Bonchev–Trinajstić information content (AvgIpc) is 3.48. The third-order valence-electron chi connectivity index (χ3n) is 6.77. The quantitative estimate of drug-likeness (QED) is 0.312. The van der Waals surface area contributed by atoms with E-state index in [9.17, 15) is 18.0 Å². The number of rotatable bonds is 6. The Morgan fingerprint density at radius 2 is 1.86 bits per heavy atom. The van der Waals surface area contributed by atoms with Crippen LogP contribution in [0.5, 0.6) is 0 Å². The van der Waals surface area contributed by atoms with Gasteiger partial charge < -0.3 is 9.47 Å². The van der Waals surface area contributed by atoms with Gasteiger partial charge >= 0.3 is 6.18 Å². The topological polar surface area (TPSA) is 63.9 Å². The molecule has 1 atom stereocenters. The number of benzene rings is 2. The number of imidazole rings is 1. The molecule has 6 nitrogen and oxygen atoms in total. The highest BCUT2D eigenvalue weighted by molar-refractivity contribution is 5.90. The predicted molar refractivity (Wildman–Crippen MR) is 132 cm³/mol. The Balaban J connectivity index is 1.70. The van der Waals surface area contributed by atoms with Crippen LogP contribution in [0.25, 0.3) is 22.6 Å². The number of nitrogens with zero attached hydrogens (tertiary/aromatic N) is 5. The number of hydrogen-bond donors (Lipinski definition) is 0. The molecule has 0 aliphatic carbocycles. The summed E-state index contributed by atoms with van der Waals surface area (Å²) in [4.78, 5) is 27.6. The normalized spacial score (nSPS) is 16.1. The molecule has 0 saturated carbocycles. The van der Waals surface area contributed by atoms with Crippen LogP contribution in [0.4, 0.5) is 19.0 Å². The fourth-order valence-electron chi connectivity index (χ4n) is 4.81. The SMILES string of the molecule is CCC1CCN(c2nc(C=O)nc3nc(-c4cccc(C)c4)n(Cc4ccc(C(F)(F)F)cc4)c23)C1. The molecule has 1 saturated heterocycles. The Kier molecular flexibility index (Phi) is 6.24. The van der Waals surface area contributed by atoms with Crippen LogP contribution in [-0.4, -0.2) is 38.9 Å². The molecule has 2 aromatic carbocycles. The summed E-state index contributed by atoms with van der Waals surface area (Å²) < 4.78 is 41.3. The van der Waals surface area contributed by atoms with Crippen LogP contribution >= 0.6 is 0 Å². The standard InChI is InChI=1S/C27H26F3N5O/c1-3-18-11-12-34(14-18)26-23-24(31-22(16-36)32-26)33-25(20-6-4-5-17(2)13-20)35(23)15-19-7-9-21(10-8-19)27(28,29)30/h4-10,13,16,18H,3,11-12,14-15H2,1-2H3. The highest BCUT2D eigenvalue weighted by atomic mass is 19.4. The summed E-state index contributed by atoms with van der Waals surface area (Å²) in [5, 5.41) is 0. The third kappa shape index (κ3) is 4.57. The Hall–Kier alpha value is -3.75. The van der Waals surface area contributed by atoms with Gasteiger partial charge in [0, 0.05) is 25.2 Å². The van der Waals surface area contributed by atoms with Gasteiger partial charge in [0.05, 0.1) is 5.56 Å². The molecule has 1 aliphatic rings. The van der Waals surface area contributed by atoms with Gasteiger partial charge in [-0.15, -0.1) is 0 Å². The monoisotopic (exact) mass is 493 g/mol. The zero-order valence-corrected chi connectivity index (χ0v) is 20.1. The highest BCUT2D eigenvalue weighted by Gasteiger charge is 2.31. The van der Waals surface area contributed by atoms with E-state index in [4.69, 9.17) is 4.98 Å². The van der Waals surface area contributed by atoms with Crippen molar-refractivity contribution in [1.82, 2.24) is 19.5 Å². The second-order valence-corrected chi connectivity index (χ2v) is 9.29. The van der Waals surface area contributed by atoms with Gasteiger partial charge in [0.25, 0.3) is 0 Å². The Bertz CT molecular complexity index is 1410. The summed E-state index contributed by atoms with van der Waals surface area (Å²) in [6.07, 6.45) is -1.71. The van der Waals surface area contributed by atoms with Crippen LogP contribution in [0.3, 0.4) is 0 Å². The Morgan fingerprint density at radius 3 is 2.50 bits per heavy atom. The van der Waals surface area contributed by atoms with Gasteiger partial charge in [-0.1, -0.05) is 49.2 Å². The van der Waals surface area contributed by atoms with Gasteiger partial charge in [-0.25, -0.2) is 15.0 Å². The lowest BCUT2D eigenvalue weighted by Crippen LogP contribution is -2.23. The summed E-state index contributed by atoms with van der Waals surface area (Å²) in [5.74, 6) is 1.85. The van der Waals surface area contributed by atoms with E-state index in [-0.39, 0.29) is 12.4 Å². The van der Waals surface area contributed by atoms with E-state index in [0.717, 1.165) is 49.2 Å². The fourth-order valence-corrected chi connectivity index (χ4v) is 4.81. The second-order valence-electron chi connectivity index (χ2n) is 9.29. The minimum Gasteiger partial charge on any atom is -0.354 e. The van der Waals surface area contributed by atoms with E-state index in [1.165, 1.54) is 12.1 Å². The van der Waals surface area contributed by atoms with Crippen molar-refractivity contribution in [2.75, 3.05) is 18.0 Å². The van der Waals surface area contributed by atoms with Gasteiger partial charge in [0.15, 0.2) is 23.6 Å². The van der Waals surface area contributed by atoms with Gasteiger partial charge in [-0.05, 0) is 43.0 Å². The van der Waals surface area contributed by atoms with E-state index in [0.29, 0.717) is 40.6 Å². The largest absolute Gasteiger partial charge is 0.416 e. The van der Waals surface area contributed by atoms with Crippen LogP contribution in [0.15, 0.2) is 48.5 Å². The zero-order chi connectivity index (χ0) is 25.4. The molecular formula is C27H26F3N5O. The van der Waals surface area contributed by atoms with E-state index in [1.54, 1.807) is 0 Å². The summed E-state index contributed by atoms with van der Waals surface area (Å²) in [6.45, 7) is 6.03. The predicted octanol–water partition coefficient (Wildman–Crippen LogP) is 5.92. The summed E-state index contributed by atoms with van der Waals surface area (Å²) in [6, 6.07) is 13.0. The number of aldehydes is 1. The van der Waals surface area contributed by atoms with E-state index < -0.39 is 11.7 Å². The first-order chi connectivity index (χ1) is 17.3. The number of carbonyl (C=O) groups is 1. The first-order valence-electron chi connectivity index (χ1n) is 12.0. The van der Waals surface area contributed by atoms with Crippen molar-refractivity contribution in [3.63, 3.8) is 0 Å². The van der Waals surface area contributed by atoms with Gasteiger partial charge in [0.1, 0.15) is 11.3 Å². The van der Waals surface area contributed by atoms with Crippen molar-refractivity contribution >= 4 is 23.3 Å². The molecule has 186 valence electrons. The number of carbonyl (C=O) groups excluding carboxylic acids is 1. The van der Waals surface area contributed by atoms with E-state index in [2.05, 4.69) is 21.8 Å². The van der Waals surface area contributed by atoms with Crippen molar-refractivity contribution in [3.8, 4) is 11.4 Å². The Labute approximate surface area is 206 Å². The molecule has 0 bridgehead atoms. The molecule has 9 heteroatoms. The van der Waals surface area contributed by atoms with Crippen LogP contribution in [0, 0.1) is 12.8 Å². The number of aryl methyl sites for hydroxylation is 1. The minimum absolute atomic E-state index is 0.0624. The van der Waals surface area contributed by atoms with E-state index >= 15 is 0 Å². The molecule has 1 fully saturated rings. The van der Waals surface area contributed by atoms with Gasteiger partial charge in [0.2, 0.25) is 0 Å². The summed E-state index contributed by atoms with van der Waals surface area (Å²) in [5.41, 5.74) is 2.97. The molecule has 2 aromatic heterocycles. The summed E-state index contributed by atoms with van der Waals surface area (Å²) >= 11 is 0. The number of hydrogen-bond acceptors (Lipinski definition) is 5. The number of aromatic nitrogens is 4. The van der Waals surface area contributed by atoms with Crippen molar-refractivity contribution in [1.29, 1.82) is 0 Å². The molecule has 1 aliphatic heterocycles. The second kappa shape index (κ2) is 9.37. The lowest BCUT2D eigenvalue weighted by molar-refractivity contribution is -0.137. The molecule has 0 spiro atoms. The van der Waals surface area contributed by atoms with Crippen LogP contribution < -0.4 is 4.90 Å². The molecule has 4 aromatic rings. The number of anilines is 1. The highest BCUT2D eigenvalue weighted by Crippen LogP contribution is 2.34. The lowest BCUT2D eigenvalue weighted by Gasteiger charge is -2.20. The molecule has 1 unspecified atom stereocenters. The zero-order valence-electron chi connectivity index (χ0n) is 20.1. The van der Waals surface area contributed by atoms with Crippen molar-refractivity contribution in [3.05, 3.63) is 71.0 Å². The van der Waals surface area contributed by atoms with Crippen molar-refractivity contribution < 1.29 is 18.0 Å². The maximum atomic E-state index is 13.1. The smallest absolute Gasteiger partial charge is 0.354 e. The van der Waals surface area contributed by atoms with Crippen LogP contribution in [0.1, 0.15) is 47.1 Å². The summed E-state index contributed by atoms with van der Waals surface area (Å²) in [7, 11) is 0. The molecule has 0 N–H and O–H groups in total. The number of alkyl halides is 3. The molecule has 0 radical (unpaired) electrons. The fraction of sp³-hybridized carbons (Fsp3) is 0.333. The van der Waals surface area contributed by atoms with Crippen molar-refractivity contribution in [2.45, 2.75) is 39.4 Å². The lowest BCUT2D eigenvalue weighted by atomic mass is 10.1. The maximum absolute atomic E-state index is 13.1. The molecule has 36 heavy (non-hydrogen) atoms. The first-order valence-corrected chi connectivity index (χ1v) is 12.0. The minimum atomic E-state index is -4.40. The molecule has 0 amide bonds. The number of fused-ring (bicyclic) bond motifs is 1. The first kappa shape index (κ1) is 24.0. The van der Waals surface area contributed by atoms with Crippen molar-refractivity contribution in [2.24, 2.45) is 5.92 Å². The maximum Gasteiger partial charge on any atom is 0.416 e. The average molecular weight is 494 g/mol. The van der Waals surface area contributed by atoms with Crippen LogP contribution in [-0.2, 0) is 12.7 Å². The molecular weight excluding hydrogens is 467 g/mol. The molecule has 5 rings (SSSR count). The van der Waals surface area contributed by atoms with Gasteiger partial charge in [-0.3, -0.25) is 4.79 Å². The molecule has 3 heterocycles. The van der Waals surface area contributed by atoms with E-state index in [1.807, 2.05) is 35.8 Å².